The Morgan fingerprint density at radius 2 is 2.09 bits per heavy atom. The molecule has 0 bridgehead atoms. The number of amides is 1. The molecule has 0 aliphatic heterocycles. The standard InChI is InChI=1S/C25H34N2O6/c1-5-21-20(26-24(33-21)17-9-7-10-18(13-17)31-4)14-32-19-11-6-8-16(12-19)23(28)27-22(15(2)3)25(29)30/h7,9-10,13,15-16,19,22H,5-6,8,11-12,14H2,1-4H3,(H,27,28)(H,29,30)/t16?,19?,22-/m0/s1. The van der Waals surface area contributed by atoms with E-state index in [0.29, 0.717) is 25.3 Å². The Morgan fingerprint density at radius 3 is 2.76 bits per heavy atom. The Bertz CT molecular complexity index is 954. The molecule has 8 heteroatoms. The van der Waals surface area contributed by atoms with Crippen LogP contribution in [0.1, 0.15) is 57.9 Å². The lowest BCUT2D eigenvalue weighted by molar-refractivity contribution is -0.144. The van der Waals surface area contributed by atoms with Crippen LogP contribution in [0, 0.1) is 11.8 Å². The van der Waals surface area contributed by atoms with E-state index in [1.54, 1.807) is 21.0 Å². The first-order valence-electron chi connectivity index (χ1n) is 11.6. The summed E-state index contributed by atoms with van der Waals surface area (Å²) >= 11 is 0. The smallest absolute Gasteiger partial charge is 0.326 e. The highest BCUT2D eigenvalue weighted by atomic mass is 16.5. The van der Waals surface area contributed by atoms with Crippen molar-refractivity contribution in [1.82, 2.24) is 10.3 Å². The molecular weight excluding hydrogens is 424 g/mol. The van der Waals surface area contributed by atoms with Crippen LogP contribution in [0.5, 0.6) is 5.75 Å². The van der Waals surface area contributed by atoms with Gasteiger partial charge < -0.3 is 24.3 Å². The number of nitrogens with one attached hydrogen (secondary N) is 1. The van der Waals surface area contributed by atoms with Crippen molar-refractivity contribution < 1.29 is 28.6 Å². The number of oxazole rings is 1. The van der Waals surface area contributed by atoms with Crippen molar-refractivity contribution in [2.75, 3.05) is 7.11 Å². The summed E-state index contributed by atoms with van der Waals surface area (Å²) in [6.07, 6.45) is 3.63. The second-order valence-electron chi connectivity index (χ2n) is 8.84. The van der Waals surface area contributed by atoms with Crippen LogP contribution in [0.4, 0.5) is 0 Å². The number of aliphatic carboxylic acids is 1. The van der Waals surface area contributed by atoms with E-state index >= 15 is 0 Å². The summed E-state index contributed by atoms with van der Waals surface area (Å²) in [6, 6.07) is 6.68. The van der Waals surface area contributed by atoms with Crippen molar-refractivity contribution >= 4 is 11.9 Å². The maximum absolute atomic E-state index is 12.7. The van der Waals surface area contributed by atoms with Crippen LogP contribution >= 0.6 is 0 Å². The molecule has 2 N–H and O–H groups in total. The molecular formula is C25H34N2O6. The Balaban J connectivity index is 1.62. The Labute approximate surface area is 194 Å². The van der Waals surface area contributed by atoms with Gasteiger partial charge in [0.1, 0.15) is 23.2 Å². The van der Waals surface area contributed by atoms with Gasteiger partial charge in [-0.05, 0) is 43.4 Å². The lowest BCUT2D eigenvalue weighted by Gasteiger charge is -2.29. The third-order valence-electron chi connectivity index (χ3n) is 6.10. The minimum absolute atomic E-state index is 0.0847. The molecule has 0 radical (unpaired) electrons. The molecule has 0 saturated heterocycles. The van der Waals surface area contributed by atoms with Crippen molar-refractivity contribution in [3.8, 4) is 17.2 Å². The molecule has 2 unspecified atom stereocenters. The number of rotatable bonds is 10. The van der Waals surface area contributed by atoms with E-state index in [1.165, 1.54) is 0 Å². The number of benzene rings is 1. The van der Waals surface area contributed by atoms with Gasteiger partial charge in [0.05, 0.1) is 19.8 Å². The third-order valence-corrected chi connectivity index (χ3v) is 6.10. The fraction of sp³-hybridized carbons (Fsp3) is 0.560. The van der Waals surface area contributed by atoms with Gasteiger partial charge in [-0.15, -0.1) is 0 Å². The number of aryl methyl sites for hydroxylation is 1. The molecule has 1 aromatic heterocycles. The molecule has 1 amide bonds. The lowest BCUT2D eigenvalue weighted by Crippen LogP contribution is -2.47. The second-order valence-corrected chi connectivity index (χ2v) is 8.84. The normalized spacial score (nSPS) is 19.3. The monoisotopic (exact) mass is 458 g/mol. The average molecular weight is 459 g/mol. The molecule has 33 heavy (non-hydrogen) atoms. The van der Waals surface area contributed by atoms with Crippen molar-refractivity contribution in [3.05, 3.63) is 35.7 Å². The van der Waals surface area contributed by atoms with E-state index in [-0.39, 0.29) is 23.8 Å². The van der Waals surface area contributed by atoms with Crippen LogP contribution < -0.4 is 10.1 Å². The molecule has 1 aromatic carbocycles. The van der Waals surface area contributed by atoms with E-state index < -0.39 is 12.0 Å². The first-order chi connectivity index (χ1) is 15.8. The van der Waals surface area contributed by atoms with Gasteiger partial charge in [0, 0.05) is 17.9 Å². The quantitative estimate of drug-likeness (QED) is 0.548. The van der Waals surface area contributed by atoms with E-state index in [1.807, 2.05) is 31.2 Å². The molecule has 2 aromatic rings. The number of nitrogens with zero attached hydrogens (tertiary/aromatic N) is 1. The summed E-state index contributed by atoms with van der Waals surface area (Å²) in [5.41, 5.74) is 1.59. The zero-order valence-electron chi connectivity index (χ0n) is 19.8. The third kappa shape index (κ3) is 6.35. The minimum atomic E-state index is -1.01. The van der Waals surface area contributed by atoms with Crippen LogP contribution in [-0.2, 0) is 27.4 Å². The number of carbonyl (C=O) groups excluding carboxylic acids is 1. The first kappa shape index (κ1) is 24.8. The van der Waals surface area contributed by atoms with Crippen LogP contribution in [0.25, 0.3) is 11.5 Å². The number of hydrogen-bond acceptors (Lipinski definition) is 6. The van der Waals surface area contributed by atoms with Crippen LogP contribution in [-0.4, -0.2) is 41.2 Å². The maximum Gasteiger partial charge on any atom is 0.326 e. The second kappa shape index (κ2) is 11.3. The number of carbonyl (C=O) groups is 2. The van der Waals surface area contributed by atoms with Crippen LogP contribution in [0.3, 0.4) is 0 Å². The van der Waals surface area contributed by atoms with E-state index in [9.17, 15) is 14.7 Å². The number of hydrogen-bond donors (Lipinski definition) is 2. The zero-order valence-corrected chi connectivity index (χ0v) is 19.8. The highest BCUT2D eigenvalue weighted by molar-refractivity contribution is 5.85. The average Bonchev–Trinajstić information content (AvgIpc) is 3.24. The summed E-state index contributed by atoms with van der Waals surface area (Å²) in [7, 11) is 1.62. The highest BCUT2D eigenvalue weighted by Gasteiger charge is 2.32. The topological polar surface area (TPSA) is 111 Å². The summed E-state index contributed by atoms with van der Waals surface area (Å²) < 4.78 is 17.4. The molecule has 1 saturated carbocycles. The first-order valence-corrected chi connectivity index (χ1v) is 11.6. The highest BCUT2D eigenvalue weighted by Crippen LogP contribution is 2.30. The van der Waals surface area contributed by atoms with Crippen molar-refractivity contribution in [2.45, 2.75) is 71.6 Å². The molecule has 180 valence electrons. The van der Waals surface area contributed by atoms with Gasteiger partial charge in [0.2, 0.25) is 11.8 Å². The van der Waals surface area contributed by atoms with E-state index in [0.717, 1.165) is 42.0 Å². The van der Waals surface area contributed by atoms with Crippen molar-refractivity contribution in [1.29, 1.82) is 0 Å². The van der Waals surface area contributed by atoms with Crippen molar-refractivity contribution in [2.24, 2.45) is 11.8 Å². The molecule has 1 heterocycles. The number of ether oxygens (including phenoxy) is 2. The lowest BCUT2D eigenvalue weighted by atomic mass is 9.86. The number of carboxylic acid groups (broad SMARTS) is 1. The number of carboxylic acids is 1. The largest absolute Gasteiger partial charge is 0.497 e. The van der Waals surface area contributed by atoms with Gasteiger partial charge in [0.15, 0.2) is 0 Å². The predicted molar refractivity (Wildman–Crippen MR) is 123 cm³/mol. The SMILES string of the molecule is CCc1oc(-c2cccc(OC)c2)nc1COC1CCCC(C(=O)N[C@H](C(=O)O)C(C)C)C1. The summed E-state index contributed by atoms with van der Waals surface area (Å²) in [5.74, 6) is 0.390. The zero-order chi connectivity index (χ0) is 24.0. The number of aromatic nitrogens is 1. The van der Waals surface area contributed by atoms with E-state index in [2.05, 4.69) is 10.3 Å². The molecule has 8 nitrogen and oxygen atoms in total. The summed E-state index contributed by atoms with van der Waals surface area (Å²) in [5, 5.41) is 12.1. The van der Waals surface area contributed by atoms with Gasteiger partial charge in [-0.25, -0.2) is 9.78 Å². The molecule has 1 aliphatic rings. The molecule has 1 fully saturated rings. The molecule has 1 aliphatic carbocycles. The minimum Gasteiger partial charge on any atom is -0.497 e. The van der Waals surface area contributed by atoms with Gasteiger partial charge in [-0.3, -0.25) is 4.79 Å². The van der Waals surface area contributed by atoms with Crippen LogP contribution in [0.2, 0.25) is 0 Å². The molecule has 3 atom stereocenters. The number of methoxy groups -OCH3 is 1. The summed E-state index contributed by atoms with van der Waals surface area (Å²) in [6.45, 7) is 5.89. The fourth-order valence-electron chi connectivity index (χ4n) is 4.17. The van der Waals surface area contributed by atoms with Gasteiger partial charge in [-0.2, -0.15) is 0 Å². The van der Waals surface area contributed by atoms with Crippen LogP contribution in [0.15, 0.2) is 28.7 Å². The Kier molecular flexibility index (Phi) is 8.49. The predicted octanol–water partition coefficient (Wildman–Crippen LogP) is 4.21. The van der Waals surface area contributed by atoms with Gasteiger partial charge in [0.25, 0.3) is 0 Å². The summed E-state index contributed by atoms with van der Waals surface area (Å²) in [4.78, 5) is 28.8. The fourth-order valence-corrected chi connectivity index (χ4v) is 4.17. The van der Waals surface area contributed by atoms with E-state index in [4.69, 9.17) is 13.9 Å². The van der Waals surface area contributed by atoms with Gasteiger partial charge in [-0.1, -0.05) is 33.3 Å². The molecule has 3 rings (SSSR count). The molecule has 0 spiro atoms. The Morgan fingerprint density at radius 1 is 1.30 bits per heavy atom. The van der Waals surface area contributed by atoms with Crippen molar-refractivity contribution in [3.63, 3.8) is 0 Å². The maximum atomic E-state index is 12.7. The van der Waals surface area contributed by atoms with Gasteiger partial charge >= 0.3 is 5.97 Å². The Hall–Kier alpha value is -2.87.